The van der Waals surface area contributed by atoms with Crippen molar-refractivity contribution in [2.45, 2.75) is 46.6 Å². The number of nitrogens with zero attached hydrogens (tertiary/aromatic N) is 4. The first-order chi connectivity index (χ1) is 13.8. The summed E-state index contributed by atoms with van der Waals surface area (Å²) in [6, 6.07) is 6.23. The van der Waals surface area contributed by atoms with Crippen LogP contribution in [0.3, 0.4) is 0 Å². The second-order valence-corrected chi connectivity index (χ2v) is 8.70. The Morgan fingerprint density at radius 3 is 2.72 bits per heavy atom. The Bertz CT molecular complexity index is 1270. The summed E-state index contributed by atoms with van der Waals surface area (Å²) in [5, 5.41) is 22.0. The lowest BCUT2D eigenvalue weighted by atomic mass is 9.94. The summed E-state index contributed by atoms with van der Waals surface area (Å²) < 4.78 is 2.17. The molecule has 0 amide bonds. The van der Waals surface area contributed by atoms with Gasteiger partial charge >= 0.3 is 0 Å². The van der Waals surface area contributed by atoms with Crippen molar-refractivity contribution in [3.63, 3.8) is 0 Å². The summed E-state index contributed by atoms with van der Waals surface area (Å²) in [6.45, 7) is 10.4. The second kappa shape index (κ2) is 6.07. The van der Waals surface area contributed by atoms with Crippen LogP contribution in [0.25, 0.3) is 22.2 Å². The van der Waals surface area contributed by atoms with E-state index in [-0.39, 0.29) is 5.54 Å². The molecule has 7 heteroatoms. The number of hydrogen-bond acceptors (Lipinski definition) is 4. The van der Waals surface area contributed by atoms with Gasteiger partial charge in [-0.05, 0) is 40.2 Å². The highest BCUT2D eigenvalue weighted by Gasteiger charge is 2.37. The van der Waals surface area contributed by atoms with E-state index in [0.29, 0.717) is 6.42 Å². The fourth-order valence-electron chi connectivity index (χ4n) is 4.49. The monoisotopic (exact) mass is 406 g/mol. The van der Waals surface area contributed by atoms with Crippen molar-refractivity contribution >= 4 is 33.8 Å². The van der Waals surface area contributed by atoms with Crippen molar-refractivity contribution in [1.29, 1.82) is 0 Å². The van der Waals surface area contributed by atoms with Gasteiger partial charge in [-0.25, -0.2) is 0 Å². The Kier molecular flexibility index (Phi) is 3.80. The van der Waals surface area contributed by atoms with Crippen molar-refractivity contribution < 1.29 is 0 Å². The van der Waals surface area contributed by atoms with Gasteiger partial charge in [-0.2, -0.15) is 5.10 Å². The van der Waals surface area contributed by atoms with Gasteiger partial charge in [0.2, 0.25) is 0 Å². The third-order valence-electron chi connectivity index (χ3n) is 5.86. The molecule has 1 aliphatic heterocycles. The molecule has 2 aromatic heterocycles. The zero-order valence-corrected chi connectivity index (χ0v) is 17.9. The molecule has 29 heavy (non-hydrogen) atoms. The first kappa shape index (κ1) is 18.2. The molecule has 3 heterocycles. The minimum atomic E-state index is -0.315. The van der Waals surface area contributed by atoms with E-state index in [2.05, 4.69) is 75.3 Å². The average molecular weight is 407 g/mol. The summed E-state index contributed by atoms with van der Waals surface area (Å²) in [6.07, 6.45) is 2.79. The van der Waals surface area contributed by atoms with Crippen molar-refractivity contribution in [3.05, 3.63) is 63.5 Å². The highest BCUT2D eigenvalue weighted by atomic mass is 35.5. The zero-order valence-electron chi connectivity index (χ0n) is 17.2. The molecule has 2 N–H and O–H groups in total. The van der Waals surface area contributed by atoms with Crippen LogP contribution in [0, 0.1) is 13.8 Å². The SMILES string of the molecule is CC1=C(c2cccc3c(C)[nH]nc23)C(Cl)=CCC2=C1n1c(C)nnc1C(C)(C)N2. The topological polar surface area (TPSA) is 71.4 Å². The van der Waals surface area contributed by atoms with E-state index in [1.165, 1.54) is 0 Å². The van der Waals surface area contributed by atoms with Gasteiger partial charge in [0.05, 0.1) is 11.2 Å². The van der Waals surface area contributed by atoms with Crippen molar-refractivity contribution in [2.75, 3.05) is 0 Å². The van der Waals surface area contributed by atoms with Crippen molar-refractivity contribution in [1.82, 2.24) is 30.3 Å². The average Bonchev–Trinajstić information content (AvgIpc) is 3.21. The molecule has 0 fully saturated rings. The first-order valence-corrected chi connectivity index (χ1v) is 10.1. The number of H-pyrrole nitrogens is 1. The normalized spacial score (nSPS) is 18.3. The van der Waals surface area contributed by atoms with Crippen LogP contribution in [0.5, 0.6) is 0 Å². The van der Waals surface area contributed by atoms with E-state index < -0.39 is 0 Å². The standard InChI is InChI=1S/C22H23ClN6/c1-11-18(15-8-6-7-14-12(2)25-27-19(14)15)16(23)9-10-17-20(11)29-13(3)26-28-21(29)22(4,5)24-17/h6-9,24H,10H2,1-5H3,(H,25,27). The number of rotatable bonds is 1. The highest BCUT2D eigenvalue weighted by Crippen LogP contribution is 2.44. The molecule has 0 spiro atoms. The number of benzene rings is 1. The van der Waals surface area contributed by atoms with E-state index in [1.807, 2.05) is 13.8 Å². The second-order valence-electron chi connectivity index (χ2n) is 8.29. The number of allylic oxidation sites excluding steroid dienone is 5. The summed E-state index contributed by atoms with van der Waals surface area (Å²) in [5.41, 5.74) is 6.97. The Balaban J connectivity index is 1.84. The third-order valence-corrected chi connectivity index (χ3v) is 6.20. The van der Waals surface area contributed by atoms with Crippen molar-refractivity contribution in [2.24, 2.45) is 0 Å². The van der Waals surface area contributed by atoms with Gasteiger partial charge in [0, 0.05) is 39.4 Å². The molecular formula is C22H23ClN6. The Hall–Kier alpha value is -2.86. The molecule has 0 radical (unpaired) electrons. The Morgan fingerprint density at radius 2 is 1.93 bits per heavy atom. The quantitative estimate of drug-likeness (QED) is 0.610. The minimum Gasteiger partial charge on any atom is -0.374 e. The lowest BCUT2D eigenvalue weighted by molar-refractivity contribution is 0.397. The van der Waals surface area contributed by atoms with Crippen LogP contribution in [0.4, 0.5) is 0 Å². The zero-order chi connectivity index (χ0) is 20.5. The third kappa shape index (κ3) is 2.52. The van der Waals surface area contributed by atoms with Crippen LogP contribution in [0.1, 0.15) is 50.1 Å². The Morgan fingerprint density at radius 1 is 1.14 bits per heavy atom. The van der Waals surface area contributed by atoms with E-state index in [0.717, 1.165) is 61.4 Å². The molecule has 6 nitrogen and oxygen atoms in total. The minimum absolute atomic E-state index is 0.315. The number of hydrogen-bond donors (Lipinski definition) is 2. The number of aromatic amines is 1. The largest absolute Gasteiger partial charge is 0.374 e. The molecule has 0 unspecified atom stereocenters. The van der Waals surface area contributed by atoms with Gasteiger partial charge in [0.15, 0.2) is 5.82 Å². The maximum atomic E-state index is 6.87. The summed E-state index contributed by atoms with van der Waals surface area (Å²) >= 11 is 6.87. The number of nitrogens with one attached hydrogen (secondary N) is 2. The predicted octanol–water partition coefficient (Wildman–Crippen LogP) is 4.78. The smallest absolute Gasteiger partial charge is 0.162 e. The maximum Gasteiger partial charge on any atom is 0.162 e. The lowest BCUT2D eigenvalue weighted by Gasteiger charge is -2.35. The fraction of sp³-hybridized carbons (Fsp3) is 0.318. The van der Waals surface area contributed by atoms with Gasteiger partial charge in [0.25, 0.3) is 0 Å². The first-order valence-electron chi connectivity index (χ1n) is 9.75. The van der Waals surface area contributed by atoms with Crippen LogP contribution in [-0.2, 0) is 5.54 Å². The van der Waals surface area contributed by atoms with Gasteiger partial charge in [0.1, 0.15) is 11.3 Å². The molecule has 5 rings (SSSR count). The molecule has 0 saturated carbocycles. The predicted molar refractivity (Wildman–Crippen MR) is 116 cm³/mol. The molecule has 148 valence electrons. The van der Waals surface area contributed by atoms with Gasteiger partial charge in [-0.15, -0.1) is 10.2 Å². The number of fused-ring (bicyclic) bond motifs is 3. The molecule has 0 bridgehead atoms. The molecule has 3 aromatic rings. The molecule has 1 aliphatic carbocycles. The van der Waals surface area contributed by atoms with E-state index in [4.69, 9.17) is 11.6 Å². The number of aryl methyl sites for hydroxylation is 2. The summed E-state index contributed by atoms with van der Waals surface area (Å²) in [5.74, 6) is 1.77. The van der Waals surface area contributed by atoms with Crippen LogP contribution < -0.4 is 5.32 Å². The fourth-order valence-corrected chi connectivity index (χ4v) is 4.81. The van der Waals surface area contributed by atoms with Crippen LogP contribution in [0.2, 0.25) is 0 Å². The maximum absolute atomic E-state index is 6.87. The van der Waals surface area contributed by atoms with Crippen LogP contribution in [0.15, 0.2) is 40.6 Å². The molecular weight excluding hydrogens is 384 g/mol. The van der Waals surface area contributed by atoms with E-state index in [1.54, 1.807) is 0 Å². The summed E-state index contributed by atoms with van der Waals surface area (Å²) in [7, 11) is 0. The van der Waals surface area contributed by atoms with Gasteiger partial charge < -0.3 is 5.32 Å². The molecule has 0 saturated heterocycles. The highest BCUT2D eigenvalue weighted by molar-refractivity contribution is 6.38. The van der Waals surface area contributed by atoms with E-state index >= 15 is 0 Å². The molecule has 2 aliphatic rings. The molecule has 0 atom stereocenters. The van der Waals surface area contributed by atoms with Gasteiger partial charge in [-0.1, -0.05) is 35.9 Å². The lowest BCUT2D eigenvalue weighted by Crippen LogP contribution is -2.43. The van der Waals surface area contributed by atoms with Gasteiger partial charge in [-0.3, -0.25) is 9.67 Å². The van der Waals surface area contributed by atoms with Crippen LogP contribution >= 0.6 is 11.6 Å². The van der Waals surface area contributed by atoms with Crippen LogP contribution in [-0.4, -0.2) is 25.0 Å². The Labute approximate surface area is 174 Å². The van der Waals surface area contributed by atoms with E-state index in [9.17, 15) is 0 Å². The molecule has 1 aromatic carbocycles. The number of halogens is 1. The number of para-hydroxylation sites is 1. The van der Waals surface area contributed by atoms with Crippen molar-refractivity contribution in [3.8, 4) is 0 Å². The number of aromatic nitrogens is 5. The summed E-state index contributed by atoms with van der Waals surface area (Å²) in [4.78, 5) is 0.